The smallest absolute Gasteiger partial charge is 0.0202 e. The van der Waals surface area contributed by atoms with Crippen molar-refractivity contribution in [2.75, 3.05) is 0 Å². The van der Waals surface area contributed by atoms with Gasteiger partial charge in [-0.3, -0.25) is 0 Å². The van der Waals surface area contributed by atoms with Crippen molar-refractivity contribution >= 4 is 0 Å². The summed E-state index contributed by atoms with van der Waals surface area (Å²) in [6.07, 6.45) is 7.71. The summed E-state index contributed by atoms with van der Waals surface area (Å²) in [4.78, 5) is 0. The maximum atomic E-state index is 2.40. The molecule has 0 amide bonds. The second-order valence-electron chi connectivity index (χ2n) is 3.26. The first kappa shape index (κ1) is 10.7. The Labute approximate surface area is 71.7 Å². The van der Waals surface area contributed by atoms with Crippen LogP contribution in [0.15, 0.2) is 12.2 Å². The largest absolute Gasteiger partial charge is 0.0851 e. The average molecular weight is 154 g/mol. The van der Waals surface area contributed by atoms with E-state index in [9.17, 15) is 0 Å². The molecule has 3 atom stereocenters. The Hall–Kier alpha value is -0.260. The summed E-state index contributed by atoms with van der Waals surface area (Å²) in [5.74, 6) is 2.92. The Morgan fingerprint density at radius 2 is 1.73 bits per heavy atom. The molecule has 66 valence electrons. The molecule has 0 aromatic carbocycles. The number of hydrogen-bond donors (Lipinski definition) is 0. The SMILES string of the molecule is C.CC.CC1CC2C=CC1C2. The molecule has 11 heavy (non-hydrogen) atoms. The highest BCUT2D eigenvalue weighted by atomic mass is 14.4. The van der Waals surface area contributed by atoms with Gasteiger partial charge in [-0.25, -0.2) is 0 Å². The van der Waals surface area contributed by atoms with Crippen LogP contribution in [0.4, 0.5) is 0 Å². The molecule has 0 heteroatoms. The molecule has 0 aromatic heterocycles. The molecule has 1 saturated carbocycles. The van der Waals surface area contributed by atoms with Gasteiger partial charge in [0.25, 0.3) is 0 Å². The molecule has 1 fully saturated rings. The van der Waals surface area contributed by atoms with Gasteiger partial charge in [-0.2, -0.15) is 0 Å². The highest BCUT2D eigenvalue weighted by Gasteiger charge is 2.32. The summed E-state index contributed by atoms with van der Waals surface area (Å²) >= 11 is 0. The molecule has 0 heterocycles. The first-order valence-corrected chi connectivity index (χ1v) is 4.54. The predicted molar refractivity (Wildman–Crippen MR) is 52.6 cm³/mol. The fourth-order valence-electron chi connectivity index (χ4n) is 2.06. The van der Waals surface area contributed by atoms with Gasteiger partial charge in [-0.1, -0.05) is 40.3 Å². The van der Waals surface area contributed by atoms with Crippen LogP contribution < -0.4 is 0 Å². The van der Waals surface area contributed by atoms with Crippen molar-refractivity contribution in [2.45, 2.75) is 41.0 Å². The van der Waals surface area contributed by atoms with Gasteiger partial charge in [0.15, 0.2) is 0 Å². The Kier molecular flexibility index (Phi) is 4.48. The van der Waals surface area contributed by atoms with Crippen LogP contribution >= 0.6 is 0 Å². The van der Waals surface area contributed by atoms with E-state index in [4.69, 9.17) is 0 Å². The molecule has 2 aliphatic rings. The lowest BCUT2D eigenvalue weighted by Crippen LogP contribution is -1.99. The summed E-state index contributed by atoms with van der Waals surface area (Å²) in [5.41, 5.74) is 0. The van der Waals surface area contributed by atoms with E-state index >= 15 is 0 Å². The number of allylic oxidation sites excluding steroid dienone is 2. The summed E-state index contributed by atoms with van der Waals surface area (Å²) in [6, 6.07) is 0. The van der Waals surface area contributed by atoms with Crippen molar-refractivity contribution in [1.29, 1.82) is 0 Å². The van der Waals surface area contributed by atoms with Gasteiger partial charge >= 0.3 is 0 Å². The lowest BCUT2D eigenvalue weighted by molar-refractivity contribution is 0.493. The van der Waals surface area contributed by atoms with Crippen molar-refractivity contribution in [3.05, 3.63) is 12.2 Å². The van der Waals surface area contributed by atoms with Crippen LogP contribution in [-0.2, 0) is 0 Å². The van der Waals surface area contributed by atoms with E-state index < -0.39 is 0 Å². The van der Waals surface area contributed by atoms with Crippen LogP contribution in [0.2, 0.25) is 0 Å². The monoisotopic (exact) mass is 154 g/mol. The summed E-state index contributed by atoms with van der Waals surface area (Å²) in [7, 11) is 0. The van der Waals surface area contributed by atoms with Crippen molar-refractivity contribution < 1.29 is 0 Å². The fourth-order valence-corrected chi connectivity index (χ4v) is 2.06. The highest BCUT2D eigenvalue weighted by molar-refractivity contribution is 5.08. The van der Waals surface area contributed by atoms with Crippen molar-refractivity contribution in [1.82, 2.24) is 0 Å². The molecular weight excluding hydrogens is 132 g/mol. The Morgan fingerprint density at radius 1 is 1.09 bits per heavy atom. The van der Waals surface area contributed by atoms with Crippen LogP contribution in [0, 0.1) is 17.8 Å². The van der Waals surface area contributed by atoms with E-state index in [0.29, 0.717) is 0 Å². The molecule has 0 aromatic rings. The minimum absolute atomic E-state index is 0. The van der Waals surface area contributed by atoms with E-state index in [1.807, 2.05) is 13.8 Å². The number of fused-ring (bicyclic) bond motifs is 2. The number of rotatable bonds is 0. The average Bonchev–Trinajstić information content (AvgIpc) is 2.52. The van der Waals surface area contributed by atoms with Gasteiger partial charge in [0.1, 0.15) is 0 Å². The molecule has 0 radical (unpaired) electrons. The molecule has 3 unspecified atom stereocenters. The molecule has 2 aliphatic carbocycles. The maximum Gasteiger partial charge on any atom is -0.0202 e. The second kappa shape index (κ2) is 4.58. The molecule has 2 bridgehead atoms. The third kappa shape index (κ3) is 2.08. The number of hydrogen-bond acceptors (Lipinski definition) is 0. The van der Waals surface area contributed by atoms with Gasteiger partial charge in [0.2, 0.25) is 0 Å². The summed E-state index contributed by atoms with van der Waals surface area (Å²) in [6.45, 7) is 6.37. The van der Waals surface area contributed by atoms with Crippen molar-refractivity contribution in [2.24, 2.45) is 17.8 Å². The third-order valence-electron chi connectivity index (χ3n) is 2.61. The molecule has 0 saturated heterocycles. The van der Waals surface area contributed by atoms with E-state index in [2.05, 4.69) is 19.1 Å². The zero-order valence-corrected chi connectivity index (χ0v) is 7.30. The minimum atomic E-state index is 0. The molecular formula is C11H22. The first-order chi connectivity index (χ1) is 4.86. The molecule has 0 nitrogen and oxygen atoms in total. The predicted octanol–water partition coefficient (Wildman–Crippen LogP) is 3.88. The standard InChI is InChI=1S/C8H12.C2H6.CH4/c1-6-4-7-2-3-8(6)5-7;1-2;/h2-3,6-8H,4-5H2,1H3;1-2H3;1H4. The van der Waals surface area contributed by atoms with Crippen molar-refractivity contribution in [3.63, 3.8) is 0 Å². The normalized spacial score (nSPS) is 37.5. The van der Waals surface area contributed by atoms with Crippen LogP contribution in [0.1, 0.15) is 41.0 Å². The van der Waals surface area contributed by atoms with Crippen LogP contribution in [0.25, 0.3) is 0 Å². The van der Waals surface area contributed by atoms with E-state index in [1.54, 1.807) is 0 Å². The van der Waals surface area contributed by atoms with Gasteiger partial charge in [0.05, 0.1) is 0 Å². The van der Waals surface area contributed by atoms with Crippen molar-refractivity contribution in [3.8, 4) is 0 Å². The minimum Gasteiger partial charge on any atom is -0.0851 e. The molecule has 2 rings (SSSR count). The molecule has 0 N–H and O–H groups in total. The maximum absolute atomic E-state index is 2.40. The lowest BCUT2D eigenvalue weighted by Gasteiger charge is -2.09. The summed E-state index contributed by atoms with van der Waals surface area (Å²) < 4.78 is 0. The van der Waals surface area contributed by atoms with Crippen LogP contribution in [-0.4, -0.2) is 0 Å². The third-order valence-corrected chi connectivity index (χ3v) is 2.61. The highest BCUT2D eigenvalue weighted by Crippen LogP contribution is 2.42. The van der Waals surface area contributed by atoms with Gasteiger partial charge in [-0.15, -0.1) is 0 Å². The zero-order chi connectivity index (χ0) is 7.56. The van der Waals surface area contributed by atoms with E-state index in [-0.39, 0.29) is 7.43 Å². The first-order valence-electron chi connectivity index (χ1n) is 4.54. The fraction of sp³-hybridized carbons (Fsp3) is 0.818. The van der Waals surface area contributed by atoms with Crippen LogP contribution in [0.5, 0.6) is 0 Å². The van der Waals surface area contributed by atoms with Crippen LogP contribution in [0.3, 0.4) is 0 Å². The molecule has 0 aliphatic heterocycles. The zero-order valence-electron chi connectivity index (χ0n) is 7.30. The van der Waals surface area contributed by atoms with E-state index in [1.165, 1.54) is 12.8 Å². The summed E-state index contributed by atoms with van der Waals surface area (Å²) in [5, 5.41) is 0. The van der Waals surface area contributed by atoms with Gasteiger partial charge in [0, 0.05) is 0 Å². The lowest BCUT2D eigenvalue weighted by atomic mass is 9.96. The quantitative estimate of drug-likeness (QED) is 0.464. The van der Waals surface area contributed by atoms with E-state index in [0.717, 1.165) is 17.8 Å². The molecule has 0 spiro atoms. The Bertz CT molecular complexity index is 124. The Balaban J connectivity index is 0.000000311. The second-order valence-corrected chi connectivity index (χ2v) is 3.26. The topological polar surface area (TPSA) is 0 Å². The van der Waals surface area contributed by atoms with Gasteiger partial charge < -0.3 is 0 Å². The van der Waals surface area contributed by atoms with Gasteiger partial charge in [-0.05, 0) is 30.6 Å². The Morgan fingerprint density at radius 3 is 1.91 bits per heavy atom.